The Morgan fingerprint density at radius 3 is 2.09 bits per heavy atom. The molecule has 1 fully saturated rings. The van der Waals surface area contributed by atoms with E-state index in [9.17, 15) is 67.4 Å². The normalized spacial score (nSPS) is 22.7. The largest absolute Gasteiger partial charge is 0.481 e. The molecule has 0 saturated carbocycles. The van der Waals surface area contributed by atoms with Gasteiger partial charge >= 0.3 is 11.9 Å². The Morgan fingerprint density at radius 2 is 1.44 bits per heavy atom. The molecule has 5 rings (SSSR count). The minimum Gasteiger partial charge on any atom is -0.481 e. The van der Waals surface area contributed by atoms with Gasteiger partial charge < -0.3 is 87.5 Å². The van der Waals surface area contributed by atoms with Gasteiger partial charge in [-0.3, -0.25) is 62.3 Å². The molecule has 10 amide bonds. The van der Waals surface area contributed by atoms with Crippen LogP contribution in [0.5, 0.6) is 0 Å². The van der Waals surface area contributed by atoms with Gasteiger partial charge in [-0.25, -0.2) is 0 Å². The Balaban J connectivity index is 1.48. The van der Waals surface area contributed by atoms with Crippen molar-refractivity contribution in [2.45, 2.75) is 126 Å². The number of ketones is 1. The molecule has 1 unspecified atom stereocenters. The van der Waals surface area contributed by atoms with Crippen molar-refractivity contribution in [2.75, 3.05) is 83.9 Å². The number of aromatic amines is 1. The number of carboxylic acid groups (broad SMARTS) is 1. The van der Waals surface area contributed by atoms with Crippen molar-refractivity contribution in [1.29, 1.82) is 0 Å². The van der Waals surface area contributed by atoms with Gasteiger partial charge in [0.05, 0.1) is 83.6 Å². The summed E-state index contributed by atoms with van der Waals surface area (Å²) in [6.45, 7) is 5.26. The molecule has 4 heterocycles. The number of esters is 1. The predicted molar refractivity (Wildman–Crippen MR) is 310 cm³/mol. The number of hydrogen-bond acceptors (Lipinski definition) is 19. The van der Waals surface area contributed by atoms with E-state index in [1.807, 2.05) is 13.8 Å². The number of benzene rings is 1. The summed E-state index contributed by atoms with van der Waals surface area (Å²) < 4.78 is 15.5. The Labute approximate surface area is 505 Å². The maximum atomic E-state index is 14.7. The molecule has 9 atom stereocenters. The highest BCUT2D eigenvalue weighted by Gasteiger charge is 2.44. The molecule has 2 bridgehead atoms. The summed E-state index contributed by atoms with van der Waals surface area (Å²) in [6, 6.07) is -3.37. The van der Waals surface area contributed by atoms with E-state index in [4.69, 9.17) is 19.3 Å². The zero-order valence-electron chi connectivity index (χ0n) is 49.1. The van der Waals surface area contributed by atoms with E-state index >= 15 is 0 Å². The van der Waals surface area contributed by atoms with E-state index in [-0.39, 0.29) is 101 Å². The standard InChI is InChI=1S/C56H78N12O18S/c1-6-30(3)38-23-46(74)60-27-47(75)63-41-29-87-55-36(35-20-32(8-9-37(35)66-55)62-45(73)12-16-85-18-14-57-43(71)10-11-44(72)58-15-19-86-17-13-48(76)77)22-39(51(79)61-26-34(70)25-59-38)64-54(82)50(31(4)7-2)67-53(81)42-21-33(69)28-68(42)56(83)40(65-52(41)80)24-49(78)84-5/h8-9,20,30-31,33,38-42,50,59,66,69H,6-7,12-19,21-29H2,1-5H3,(H,57,71)(H,58,72)(H,60,74)(H,61,79)(H,62,73)(H,63,75)(H,64,82)(H,65,80)(H,67,81)(H,76,77)/t30-,31-,33+,38+,39-,40?,41-,42-,50-/m0/s1. The van der Waals surface area contributed by atoms with Gasteiger partial charge in [0.1, 0.15) is 30.2 Å². The van der Waals surface area contributed by atoms with E-state index in [1.165, 1.54) is 0 Å². The van der Waals surface area contributed by atoms with Crippen LogP contribution in [-0.2, 0) is 83.0 Å². The van der Waals surface area contributed by atoms with Gasteiger partial charge in [-0.05, 0) is 35.6 Å². The van der Waals surface area contributed by atoms with Gasteiger partial charge in [-0.15, -0.1) is 11.8 Å². The zero-order chi connectivity index (χ0) is 63.7. The van der Waals surface area contributed by atoms with Crippen LogP contribution in [0.15, 0.2) is 23.2 Å². The van der Waals surface area contributed by atoms with Crippen molar-refractivity contribution in [2.24, 2.45) is 11.8 Å². The third-order valence-corrected chi connectivity index (χ3v) is 15.7. The average molecular weight is 1240 g/mol. The maximum absolute atomic E-state index is 14.7. The number of H-pyrrole nitrogens is 1. The van der Waals surface area contributed by atoms with Crippen LogP contribution in [0.3, 0.4) is 0 Å². The lowest BCUT2D eigenvalue weighted by atomic mass is 9.95. The van der Waals surface area contributed by atoms with Crippen LogP contribution in [0.25, 0.3) is 10.9 Å². The van der Waals surface area contributed by atoms with E-state index in [1.54, 1.807) is 32.0 Å². The highest BCUT2D eigenvalue weighted by molar-refractivity contribution is 7.99. The number of anilines is 1. The summed E-state index contributed by atoms with van der Waals surface area (Å²) >= 11 is 0.968. The number of ether oxygens (including phenoxy) is 3. The van der Waals surface area contributed by atoms with Gasteiger partial charge in [0.15, 0.2) is 5.78 Å². The highest BCUT2D eigenvalue weighted by Crippen LogP contribution is 2.34. The number of nitrogens with one attached hydrogen (secondary N) is 11. The number of carbonyl (C=O) groups is 13. The Kier molecular flexibility index (Phi) is 27.9. The fraction of sp³-hybridized carbons (Fsp3) is 0.589. The molecule has 31 heteroatoms. The lowest BCUT2D eigenvalue weighted by molar-refractivity contribution is -0.148. The molecule has 476 valence electrons. The van der Waals surface area contributed by atoms with Crippen LogP contribution >= 0.6 is 11.8 Å². The number of aliphatic carboxylic acids is 1. The molecule has 0 aliphatic carbocycles. The molecule has 30 nitrogen and oxygen atoms in total. The molecular weight excluding hydrogens is 1160 g/mol. The lowest BCUT2D eigenvalue weighted by Crippen LogP contribution is -2.60. The molecule has 0 radical (unpaired) electrons. The van der Waals surface area contributed by atoms with Crippen LogP contribution in [0, 0.1) is 23.7 Å². The quantitative estimate of drug-likeness (QED) is 0.0371. The smallest absolute Gasteiger partial charge is 0.308 e. The third kappa shape index (κ3) is 22.2. The Morgan fingerprint density at radius 1 is 0.759 bits per heavy atom. The summed E-state index contributed by atoms with van der Waals surface area (Å²) in [6.07, 6.45) is -2.24. The fourth-order valence-corrected chi connectivity index (χ4v) is 10.4. The van der Waals surface area contributed by atoms with Crippen LogP contribution < -0.4 is 53.2 Å². The van der Waals surface area contributed by atoms with Gasteiger partial charge in [0.2, 0.25) is 47.3 Å². The third-order valence-electron chi connectivity index (χ3n) is 14.6. The van der Waals surface area contributed by atoms with Gasteiger partial charge in [0, 0.05) is 79.1 Å². The molecule has 3 aliphatic rings. The SMILES string of the molecule is CC[C@H](C)[C@@H]1NC(=O)[C@@H]2C[C@@H](O)CN2C(=O)C(CC(=O)OC)NC(=O)[C@@H]2CSc3[nH]c4ccc(NC(=O)CCOCCNC(=O)C#CC(=O)NCCOCCC(=O)O)cc4c3C[C@H](NC1=O)C(=O)NCC(=O)CN[C@@H]([C@@H](C)CC)CC(=O)NCC(=O)N2. The van der Waals surface area contributed by atoms with Crippen molar-refractivity contribution in [3.63, 3.8) is 0 Å². The number of fused-ring (bicyclic) bond motifs is 5. The van der Waals surface area contributed by atoms with Gasteiger partial charge in [0.25, 0.3) is 11.8 Å². The van der Waals surface area contributed by atoms with Crippen LogP contribution in [-0.4, -0.2) is 218 Å². The zero-order valence-corrected chi connectivity index (χ0v) is 50.0. The average Bonchev–Trinajstić information content (AvgIpc) is 1.87. The summed E-state index contributed by atoms with van der Waals surface area (Å²) in [5.74, 6) is -7.23. The molecule has 2 aromatic rings. The van der Waals surface area contributed by atoms with E-state index < -0.39 is 151 Å². The number of carboxylic acids is 1. The number of Topliss-reactive ketones (excluding diaryl/α,β-unsaturated/α-hetero) is 1. The molecule has 13 N–H and O–H groups in total. The fourth-order valence-electron chi connectivity index (χ4n) is 9.33. The first-order chi connectivity index (χ1) is 41.5. The summed E-state index contributed by atoms with van der Waals surface area (Å²) in [5, 5.41) is 46.8. The number of thioether (sulfide) groups is 1. The number of nitrogens with zero attached hydrogens (tertiary/aromatic N) is 1. The molecule has 1 aromatic heterocycles. The van der Waals surface area contributed by atoms with E-state index in [0.29, 0.717) is 29.3 Å². The molecule has 87 heavy (non-hydrogen) atoms. The van der Waals surface area contributed by atoms with Crippen molar-refractivity contribution in [3.8, 4) is 11.8 Å². The number of rotatable bonds is 19. The van der Waals surface area contributed by atoms with E-state index in [2.05, 4.69) is 70.0 Å². The second kappa shape index (κ2) is 34.8. The van der Waals surface area contributed by atoms with Crippen LogP contribution in [0.1, 0.15) is 78.2 Å². The van der Waals surface area contributed by atoms with Crippen molar-refractivity contribution >= 4 is 105 Å². The first kappa shape index (κ1) is 69.6. The lowest BCUT2D eigenvalue weighted by Gasteiger charge is -2.31. The molecule has 1 aromatic carbocycles. The first-order valence-corrected chi connectivity index (χ1v) is 29.6. The second-order valence-electron chi connectivity index (χ2n) is 21.0. The first-order valence-electron chi connectivity index (χ1n) is 28.6. The Bertz CT molecular complexity index is 2930. The predicted octanol–water partition coefficient (Wildman–Crippen LogP) is -3.39. The number of hydrogen-bond donors (Lipinski definition) is 13. The Hall–Kier alpha value is -8.18. The molecule has 0 spiro atoms. The number of aromatic nitrogens is 1. The van der Waals surface area contributed by atoms with Crippen molar-refractivity contribution in [3.05, 3.63) is 23.8 Å². The van der Waals surface area contributed by atoms with Crippen molar-refractivity contribution < 1.29 is 86.8 Å². The van der Waals surface area contributed by atoms with E-state index in [0.717, 1.165) is 23.8 Å². The molecule has 1 saturated heterocycles. The molecular formula is C56H78N12O18S. The topological polar surface area (TPSA) is 429 Å². The minimum atomic E-state index is -1.72. The number of aliphatic hydroxyl groups excluding tert-OH is 1. The maximum Gasteiger partial charge on any atom is 0.308 e. The minimum absolute atomic E-state index is 0.0179. The monoisotopic (exact) mass is 1240 g/mol. The van der Waals surface area contributed by atoms with Crippen LogP contribution in [0.4, 0.5) is 5.69 Å². The summed E-state index contributed by atoms with van der Waals surface area (Å²) in [4.78, 5) is 179. The number of amides is 10. The van der Waals surface area contributed by atoms with Crippen LogP contribution in [0.2, 0.25) is 0 Å². The van der Waals surface area contributed by atoms with Crippen molar-refractivity contribution in [1.82, 2.24) is 57.7 Å². The number of carbonyl (C=O) groups excluding carboxylic acids is 12. The number of methoxy groups -OCH3 is 1. The van der Waals surface area contributed by atoms with Gasteiger partial charge in [-0.2, -0.15) is 0 Å². The highest BCUT2D eigenvalue weighted by atomic mass is 32.2. The number of aliphatic hydroxyl groups is 1. The summed E-state index contributed by atoms with van der Waals surface area (Å²) in [5.41, 5.74) is 1.02. The van der Waals surface area contributed by atoms with Gasteiger partial charge in [-0.1, -0.05) is 40.5 Å². The summed E-state index contributed by atoms with van der Waals surface area (Å²) in [7, 11) is 1.06. The second-order valence-corrected chi connectivity index (χ2v) is 22.1. The molecule has 3 aliphatic heterocycles.